The molecule has 8 nitrogen and oxygen atoms in total. The SMILES string of the molecule is C.C.CC(C)(OCCC[Si](C)(O[Si](C)(C)C)O[Si](C)(C)C)C(=O)c1ccc(OCCCO[Si](C)(O[Si](C)(C)C)O[Si](C)(C)C)cc1. The third kappa shape index (κ3) is 21.0. The van der Waals surface area contributed by atoms with Crippen molar-refractivity contribution in [2.24, 2.45) is 0 Å². The van der Waals surface area contributed by atoms with E-state index in [0.29, 0.717) is 37.6 Å². The van der Waals surface area contributed by atoms with Gasteiger partial charge in [-0.15, -0.1) is 0 Å². The molecule has 1 rings (SSSR count). The van der Waals surface area contributed by atoms with Crippen molar-refractivity contribution in [1.29, 1.82) is 0 Å². The minimum atomic E-state index is -2.72. The van der Waals surface area contributed by atoms with E-state index < -0.39 is 56.2 Å². The molecule has 0 aromatic heterocycles. The third-order valence-corrected chi connectivity index (χ3v) is 24.1. The van der Waals surface area contributed by atoms with Crippen LogP contribution in [0, 0.1) is 0 Å². The molecule has 0 radical (unpaired) electrons. The van der Waals surface area contributed by atoms with Gasteiger partial charge in [0.15, 0.2) is 39.1 Å². The number of hydrogen-bond acceptors (Lipinski definition) is 8. The summed E-state index contributed by atoms with van der Waals surface area (Å²) < 4.78 is 44.3. The molecule has 0 aliphatic rings. The first-order valence-electron chi connectivity index (χ1n) is 16.0. The highest BCUT2D eigenvalue weighted by atomic mass is 28.5. The van der Waals surface area contributed by atoms with Crippen LogP contribution in [0.4, 0.5) is 0 Å². The van der Waals surface area contributed by atoms with E-state index >= 15 is 0 Å². The molecule has 0 fully saturated rings. The molecule has 272 valence electrons. The Balaban J connectivity index is 0. The summed E-state index contributed by atoms with van der Waals surface area (Å²) in [6, 6.07) is 8.14. The Kier molecular flexibility index (Phi) is 19.4. The number of carbonyl (C=O) groups is 1. The largest absolute Gasteiger partial charge is 0.494 e. The second-order valence-corrected chi connectivity index (χ2v) is 41.2. The van der Waals surface area contributed by atoms with Gasteiger partial charge in [0.1, 0.15) is 11.4 Å². The van der Waals surface area contributed by atoms with E-state index in [0.717, 1.165) is 12.5 Å². The number of benzene rings is 1. The lowest BCUT2D eigenvalue weighted by Gasteiger charge is -2.38. The fourth-order valence-electron chi connectivity index (χ4n) is 4.95. The summed E-state index contributed by atoms with van der Waals surface area (Å²) in [5, 5.41) is 0. The minimum Gasteiger partial charge on any atom is -0.494 e. The van der Waals surface area contributed by atoms with Crippen molar-refractivity contribution in [2.45, 2.75) is 145 Å². The van der Waals surface area contributed by atoms with Crippen molar-refractivity contribution in [2.75, 3.05) is 19.8 Å². The van der Waals surface area contributed by atoms with Gasteiger partial charge >= 0.3 is 17.4 Å². The predicted molar refractivity (Wildman–Crippen MR) is 211 cm³/mol. The second kappa shape index (κ2) is 18.7. The summed E-state index contributed by atoms with van der Waals surface area (Å²) in [6.07, 6.45) is 1.50. The van der Waals surface area contributed by atoms with Crippen LogP contribution in [0.3, 0.4) is 0 Å². The number of Topliss-reactive ketones (excluding diaryl/α,β-unsaturated/α-hetero) is 1. The van der Waals surface area contributed by atoms with E-state index in [1.54, 1.807) is 12.1 Å². The van der Waals surface area contributed by atoms with Crippen LogP contribution in [0.5, 0.6) is 5.75 Å². The molecule has 1 aromatic rings. The molecule has 46 heavy (non-hydrogen) atoms. The van der Waals surface area contributed by atoms with Gasteiger partial charge in [-0.3, -0.25) is 4.79 Å². The first kappa shape index (κ1) is 47.9. The van der Waals surface area contributed by atoms with Crippen LogP contribution < -0.4 is 4.74 Å². The van der Waals surface area contributed by atoms with Gasteiger partial charge in [-0.2, -0.15) is 0 Å². The van der Waals surface area contributed by atoms with E-state index in [1.807, 2.05) is 32.5 Å². The zero-order chi connectivity index (χ0) is 34.3. The molecule has 0 saturated carbocycles. The van der Waals surface area contributed by atoms with Crippen molar-refractivity contribution in [3.05, 3.63) is 29.8 Å². The van der Waals surface area contributed by atoms with Gasteiger partial charge in [0.25, 0.3) is 0 Å². The Morgan fingerprint density at radius 3 is 1.46 bits per heavy atom. The Morgan fingerprint density at radius 1 is 0.609 bits per heavy atom. The minimum absolute atomic E-state index is 0. The number of ether oxygens (including phenoxy) is 2. The summed E-state index contributed by atoms with van der Waals surface area (Å²) in [6.45, 7) is 35.6. The van der Waals surface area contributed by atoms with E-state index in [4.69, 9.17) is 30.4 Å². The van der Waals surface area contributed by atoms with Crippen molar-refractivity contribution < 1.29 is 35.2 Å². The average molecular weight is 753 g/mol. The highest BCUT2D eigenvalue weighted by Gasteiger charge is 2.43. The van der Waals surface area contributed by atoms with Crippen LogP contribution >= 0.6 is 0 Å². The maximum Gasteiger partial charge on any atom is 0.476 e. The molecule has 0 amide bonds. The van der Waals surface area contributed by atoms with E-state index in [-0.39, 0.29) is 20.6 Å². The quantitative estimate of drug-likeness (QED) is 0.0698. The van der Waals surface area contributed by atoms with Crippen LogP contribution in [0.2, 0.25) is 97.7 Å². The van der Waals surface area contributed by atoms with Crippen LogP contribution in [0.25, 0.3) is 0 Å². The normalized spacial score (nSPS) is 13.6. The zero-order valence-corrected chi connectivity index (χ0v) is 36.8. The lowest BCUT2D eigenvalue weighted by molar-refractivity contribution is -0.00451. The Hall–Kier alpha value is -0.249. The van der Waals surface area contributed by atoms with Crippen molar-refractivity contribution in [3.63, 3.8) is 0 Å². The second-order valence-electron chi connectivity index (χ2n) is 16.2. The van der Waals surface area contributed by atoms with Crippen LogP contribution in [0.15, 0.2) is 24.3 Å². The van der Waals surface area contributed by atoms with Gasteiger partial charge in [0, 0.05) is 31.7 Å². The number of carbonyl (C=O) groups excluding carboxylic acids is 1. The predicted octanol–water partition coefficient (Wildman–Crippen LogP) is 10.2. The molecular weight excluding hydrogens is 681 g/mol. The molecule has 0 heterocycles. The third-order valence-electron chi connectivity index (χ3n) is 5.85. The van der Waals surface area contributed by atoms with Crippen molar-refractivity contribution >= 4 is 56.4 Å². The first-order chi connectivity index (χ1) is 19.6. The molecule has 0 aliphatic heterocycles. The average Bonchev–Trinajstić information content (AvgIpc) is 2.76. The fourth-order valence-corrected chi connectivity index (χ4v) is 27.9. The highest BCUT2D eigenvalue weighted by Crippen LogP contribution is 2.27. The van der Waals surface area contributed by atoms with E-state index in [9.17, 15) is 4.79 Å². The van der Waals surface area contributed by atoms with Crippen LogP contribution in [-0.4, -0.2) is 81.8 Å². The highest BCUT2D eigenvalue weighted by molar-refractivity contribution is 6.87. The molecular formula is C32H72O8Si6. The molecule has 1 aromatic carbocycles. The summed E-state index contributed by atoms with van der Waals surface area (Å²) in [5.74, 6) is 0.661. The molecule has 0 saturated heterocycles. The summed E-state index contributed by atoms with van der Waals surface area (Å²) in [5.41, 5.74) is -0.341. The van der Waals surface area contributed by atoms with Gasteiger partial charge < -0.3 is 30.4 Å². The number of ketones is 1. The van der Waals surface area contributed by atoms with Gasteiger partial charge in [0.2, 0.25) is 0 Å². The summed E-state index contributed by atoms with van der Waals surface area (Å²) in [4.78, 5) is 13.3. The first-order valence-corrected chi connectivity index (χ1v) is 34.4. The van der Waals surface area contributed by atoms with E-state index in [1.165, 1.54) is 0 Å². The molecule has 0 N–H and O–H groups in total. The van der Waals surface area contributed by atoms with Gasteiger partial charge in [-0.25, -0.2) is 0 Å². The standard InChI is InChI=1S/C30H64O8Si6.2CH4/c1-30(2,33-24-18-26-43(15,35-39(3,4)5)36-40(6,7)8)29(31)27-19-21-28(22-20-27)32-23-17-25-34-44(16,37-41(9,10)11)38-42(12,13)14;;/h19-22H,17-18,23-26H2,1-16H3;2*1H4. The Labute approximate surface area is 290 Å². The van der Waals surface area contributed by atoms with Crippen LogP contribution in [0.1, 0.15) is 51.9 Å². The zero-order valence-electron chi connectivity index (χ0n) is 30.8. The topological polar surface area (TPSA) is 81.7 Å². The molecule has 0 unspecified atom stereocenters. The monoisotopic (exact) mass is 752 g/mol. The van der Waals surface area contributed by atoms with Gasteiger partial charge in [-0.05, 0) is 136 Å². The summed E-state index contributed by atoms with van der Waals surface area (Å²) in [7, 11) is -12.2. The maximum atomic E-state index is 13.3. The Bertz CT molecular complexity index is 994. The lowest BCUT2D eigenvalue weighted by atomic mass is 9.96. The van der Waals surface area contributed by atoms with Gasteiger partial charge in [-0.1, -0.05) is 14.9 Å². The smallest absolute Gasteiger partial charge is 0.476 e. The molecule has 0 bridgehead atoms. The summed E-state index contributed by atoms with van der Waals surface area (Å²) >= 11 is 0. The lowest BCUT2D eigenvalue weighted by Crippen LogP contribution is -2.54. The van der Waals surface area contributed by atoms with Crippen molar-refractivity contribution in [1.82, 2.24) is 0 Å². The molecule has 0 atom stereocenters. The van der Waals surface area contributed by atoms with Gasteiger partial charge in [0.05, 0.1) is 6.61 Å². The number of hydrogen-bond donors (Lipinski definition) is 0. The Morgan fingerprint density at radius 2 is 1.04 bits per heavy atom. The molecule has 0 spiro atoms. The maximum absolute atomic E-state index is 13.3. The molecule has 14 heteroatoms. The van der Waals surface area contributed by atoms with Crippen LogP contribution in [-0.2, 0) is 25.6 Å². The van der Waals surface area contributed by atoms with Crippen molar-refractivity contribution in [3.8, 4) is 5.75 Å². The number of rotatable bonds is 21. The van der Waals surface area contributed by atoms with E-state index in [2.05, 4.69) is 85.1 Å². The fraction of sp³-hybridized carbons (Fsp3) is 0.781. The molecule has 0 aliphatic carbocycles.